The predicted octanol–water partition coefficient (Wildman–Crippen LogP) is 3.88. The summed E-state index contributed by atoms with van der Waals surface area (Å²) in [6, 6.07) is 10.1. The van der Waals surface area contributed by atoms with Crippen LogP contribution < -0.4 is 14.8 Å². The first-order chi connectivity index (χ1) is 12.9. The number of ether oxygens (including phenoxy) is 3. The Labute approximate surface area is 166 Å². The Morgan fingerprint density at radius 2 is 1.78 bits per heavy atom. The lowest BCUT2D eigenvalue weighted by Crippen LogP contribution is -2.30. The number of esters is 1. The molecule has 0 bridgehead atoms. The molecule has 0 saturated carbocycles. The molecule has 0 spiro atoms. The van der Waals surface area contributed by atoms with Gasteiger partial charge in [-0.25, -0.2) is 0 Å². The number of fused-ring (bicyclic) bond motifs is 1. The fraction of sp³-hybridized carbons (Fsp3) is 0.263. The van der Waals surface area contributed by atoms with Gasteiger partial charge in [0.05, 0.1) is 22.2 Å². The third-order valence-electron chi connectivity index (χ3n) is 3.84. The molecular weight excluding hydrogens is 393 g/mol. The van der Waals surface area contributed by atoms with Crippen molar-refractivity contribution in [3.8, 4) is 11.5 Å². The summed E-state index contributed by atoms with van der Waals surface area (Å²) >= 11 is 12.0. The molecule has 1 amide bonds. The van der Waals surface area contributed by atoms with E-state index in [1.807, 2.05) is 0 Å². The first-order valence-corrected chi connectivity index (χ1v) is 9.02. The Morgan fingerprint density at radius 3 is 2.48 bits per heavy atom. The van der Waals surface area contributed by atoms with E-state index in [1.54, 1.807) is 36.4 Å². The van der Waals surface area contributed by atoms with Gasteiger partial charge in [-0.15, -0.1) is 0 Å². The zero-order chi connectivity index (χ0) is 19.4. The minimum Gasteiger partial charge on any atom is -0.486 e. The van der Waals surface area contributed by atoms with Crippen LogP contribution in [0, 0.1) is 0 Å². The summed E-state index contributed by atoms with van der Waals surface area (Å²) in [5.41, 5.74) is 0.978. The summed E-state index contributed by atoms with van der Waals surface area (Å²) in [5, 5.41) is 3.17. The molecule has 1 aliphatic rings. The number of nitrogens with one attached hydrogen (secondary N) is 1. The number of amides is 1. The minimum atomic E-state index is -1.01. The maximum absolute atomic E-state index is 12.3. The normalized spacial score (nSPS) is 13.6. The third kappa shape index (κ3) is 4.84. The van der Waals surface area contributed by atoms with Crippen molar-refractivity contribution in [3.05, 3.63) is 52.0 Å². The van der Waals surface area contributed by atoms with E-state index < -0.39 is 18.0 Å². The van der Waals surface area contributed by atoms with Crippen LogP contribution in [0.3, 0.4) is 0 Å². The predicted molar refractivity (Wildman–Crippen MR) is 102 cm³/mol. The highest BCUT2D eigenvalue weighted by Gasteiger charge is 2.21. The van der Waals surface area contributed by atoms with E-state index in [4.69, 9.17) is 37.4 Å². The number of carbonyl (C=O) groups is 2. The van der Waals surface area contributed by atoms with E-state index in [1.165, 1.54) is 6.92 Å². The number of hydrogen-bond acceptors (Lipinski definition) is 5. The molecule has 0 aromatic heterocycles. The SMILES string of the molecule is C[C@@H](OC(=O)Cc1ccc2c(c1)OCCO2)C(=O)Nc1c(Cl)cccc1Cl. The molecule has 2 aromatic carbocycles. The summed E-state index contributed by atoms with van der Waals surface area (Å²) in [7, 11) is 0. The monoisotopic (exact) mass is 409 g/mol. The van der Waals surface area contributed by atoms with Crippen LogP contribution in [0.4, 0.5) is 5.69 Å². The van der Waals surface area contributed by atoms with E-state index in [9.17, 15) is 9.59 Å². The van der Waals surface area contributed by atoms with Gasteiger partial charge in [-0.05, 0) is 36.8 Å². The van der Waals surface area contributed by atoms with Crippen molar-refractivity contribution in [2.75, 3.05) is 18.5 Å². The quantitative estimate of drug-likeness (QED) is 0.758. The molecule has 1 aliphatic heterocycles. The standard InChI is InChI=1S/C19H17Cl2NO5/c1-11(19(24)22-18-13(20)3-2-4-14(18)21)27-17(23)10-12-5-6-15-16(9-12)26-8-7-25-15/h2-6,9,11H,7-8,10H2,1H3,(H,22,24)/t11-/m1/s1. The van der Waals surface area contributed by atoms with Gasteiger partial charge in [-0.1, -0.05) is 35.3 Å². The number of halogens is 2. The minimum absolute atomic E-state index is 0.00110. The lowest BCUT2D eigenvalue weighted by Gasteiger charge is -2.19. The van der Waals surface area contributed by atoms with E-state index in [-0.39, 0.29) is 12.1 Å². The lowest BCUT2D eigenvalue weighted by molar-refractivity contribution is -0.152. The molecule has 0 saturated heterocycles. The van der Waals surface area contributed by atoms with Gasteiger partial charge >= 0.3 is 5.97 Å². The maximum Gasteiger partial charge on any atom is 0.311 e. The Kier molecular flexibility index (Phi) is 6.08. The summed E-state index contributed by atoms with van der Waals surface area (Å²) in [5.74, 6) is 0.161. The van der Waals surface area contributed by atoms with Crippen LogP contribution in [0.1, 0.15) is 12.5 Å². The average Bonchev–Trinajstić information content (AvgIpc) is 2.64. The third-order valence-corrected chi connectivity index (χ3v) is 4.47. The topological polar surface area (TPSA) is 73.9 Å². The van der Waals surface area contributed by atoms with Crippen LogP contribution in [-0.2, 0) is 20.7 Å². The average molecular weight is 410 g/mol. The van der Waals surface area contributed by atoms with E-state index in [0.29, 0.717) is 40.3 Å². The Morgan fingerprint density at radius 1 is 1.11 bits per heavy atom. The second-order valence-corrected chi connectivity index (χ2v) is 6.69. The number of anilines is 1. The van der Waals surface area contributed by atoms with Crippen LogP contribution in [0.2, 0.25) is 10.0 Å². The summed E-state index contributed by atoms with van der Waals surface area (Å²) in [4.78, 5) is 24.4. The number of benzene rings is 2. The zero-order valence-corrected chi connectivity index (χ0v) is 16.0. The lowest BCUT2D eigenvalue weighted by atomic mass is 10.1. The molecule has 2 aromatic rings. The highest BCUT2D eigenvalue weighted by Crippen LogP contribution is 2.31. The molecule has 6 nitrogen and oxygen atoms in total. The molecule has 27 heavy (non-hydrogen) atoms. The van der Waals surface area contributed by atoms with Crippen LogP contribution in [0.15, 0.2) is 36.4 Å². The highest BCUT2D eigenvalue weighted by molar-refractivity contribution is 6.39. The van der Waals surface area contributed by atoms with Gasteiger partial charge in [0.25, 0.3) is 5.91 Å². The molecule has 1 atom stereocenters. The van der Waals surface area contributed by atoms with Crippen molar-refractivity contribution in [1.29, 1.82) is 0 Å². The van der Waals surface area contributed by atoms with Crippen molar-refractivity contribution in [2.24, 2.45) is 0 Å². The molecule has 142 valence electrons. The van der Waals surface area contributed by atoms with Crippen molar-refractivity contribution in [3.63, 3.8) is 0 Å². The second kappa shape index (κ2) is 8.50. The highest BCUT2D eigenvalue weighted by atomic mass is 35.5. The van der Waals surface area contributed by atoms with Gasteiger partial charge < -0.3 is 19.5 Å². The van der Waals surface area contributed by atoms with Crippen LogP contribution in [0.5, 0.6) is 11.5 Å². The fourth-order valence-corrected chi connectivity index (χ4v) is 2.99. The number of carbonyl (C=O) groups excluding carboxylic acids is 2. The van der Waals surface area contributed by atoms with Crippen molar-refractivity contribution < 1.29 is 23.8 Å². The van der Waals surface area contributed by atoms with Crippen LogP contribution >= 0.6 is 23.2 Å². The van der Waals surface area contributed by atoms with Crippen LogP contribution in [-0.4, -0.2) is 31.2 Å². The van der Waals surface area contributed by atoms with Crippen molar-refractivity contribution in [2.45, 2.75) is 19.4 Å². The number of hydrogen-bond donors (Lipinski definition) is 1. The van der Waals surface area contributed by atoms with Crippen LogP contribution in [0.25, 0.3) is 0 Å². The molecule has 1 heterocycles. The molecule has 3 rings (SSSR count). The fourth-order valence-electron chi connectivity index (χ4n) is 2.50. The van der Waals surface area contributed by atoms with Gasteiger partial charge in [0.15, 0.2) is 17.6 Å². The maximum atomic E-state index is 12.3. The Bertz CT molecular complexity index is 851. The number of rotatable bonds is 5. The van der Waals surface area contributed by atoms with E-state index in [0.717, 1.165) is 0 Å². The molecule has 0 aliphatic carbocycles. The van der Waals surface area contributed by atoms with Gasteiger partial charge in [0.2, 0.25) is 0 Å². The molecule has 0 radical (unpaired) electrons. The summed E-state index contributed by atoms with van der Waals surface area (Å²) in [6.07, 6.45) is -1.01. The van der Waals surface area contributed by atoms with Crippen molar-refractivity contribution >= 4 is 40.8 Å². The molecule has 0 fully saturated rings. The smallest absolute Gasteiger partial charge is 0.311 e. The first kappa shape index (κ1) is 19.3. The molecule has 0 unspecified atom stereocenters. The van der Waals surface area contributed by atoms with Gasteiger partial charge in [-0.2, -0.15) is 0 Å². The van der Waals surface area contributed by atoms with Gasteiger partial charge in [0, 0.05) is 0 Å². The molecule has 8 heteroatoms. The van der Waals surface area contributed by atoms with Crippen molar-refractivity contribution in [1.82, 2.24) is 0 Å². The van der Waals surface area contributed by atoms with Gasteiger partial charge in [0.1, 0.15) is 13.2 Å². The Balaban J connectivity index is 1.58. The summed E-state index contributed by atoms with van der Waals surface area (Å²) < 4.78 is 16.1. The Hall–Kier alpha value is -2.44. The summed E-state index contributed by atoms with van der Waals surface area (Å²) in [6.45, 7) is 2.43. The largest absolute Gasteiger partial charge is 0.486 e. The number of para-hydroxylation sites is 1. The zero-order valence-electron chi connectivity index (χ0n) is 14.5. The molecular formula is C19H17Cl2NO5. The van der Waals surface area contributed by atoms with Gasteiger partial charge in [-0.3, -0.25) is 9.59 Å². The second-order valence-electron chi connectivity index (χ2n) is 5.87. The van der Waals surface area contributed by atoms with E-state index >= 15 is 0 Å². The van der Waals surface area contributed by atoms with E-state index in [2.05, 4.69) is 5.32 Å². The first-order valence-electron chi connectivity index (χ1n) is 8.27. The molecule has 1 N–H and O–H groups in total.